The third kappa shape index (κ3) is 5.48. The fourth-order valence-corrected chi connectivity index (χ4v) is 1.72. The van der Waals surface area contributed by atoms with Crippen molar-refractivity contribution in [1.82, 2.24) is 0 Å². The van der Waals surface area contributed by atoms with Crippen LogP contribution in [0.5, 0.6) is 0 Å². The van der Waals surface area contributed by atoms with Crippen molar-refractivity contribution in [3.8, 4) is 0 Å². The molecule has 0 N–H and O–H groups in total. The van der Waals surface area contributed by atoms with Crippen molar-refractivity contribution < 1.29 is 19.4 Å². The smallest absolute Gasteiger partial charge is 0.386 e. The van der Waals surface area contributed by atoms with Gasteiger partial charge in [0, 0.05) is 0 Å². The van der Waals surface area contributed by atoms with E-state index in [2.05, 4.69) is 4.74 Å². The third-order valence-corrected chi connectivity index (χ3v) is 2.74. The predicted octanol–water partition coefficient (Wildman–Crippen LogP) is 2.53. The van der Waals surface area contributed by atoms with E-state index in [4.69, 9.17) is 0 Å². The van der Waals surface area contributed by atoms with E-state index in [1.165, 1.54) is 0 Å². The molecule has 0 heterocycles. The van der Waals surface area contributed by atoms with E-state index in [-0.39, 0.29) is 5.56 Å². The van der Waals surface area contributed by atoms with Gasteiger partial charge < -0.3 is 4.74 Å². The van der Waals surface area contributed by atoms with Gasteiger partial charge in [-0.05, 0) is 37.0 Å². The molecule has 0 aliphatic carbocycles. The summed E-state index contributed by atoms with van der Waals surface area (Å²) in [5.41, 5.74) is 1.34. The van der Waals surface area contributed by atoms with Crippen LogP contribution in [-0.4, -0.2) is 19.0 Å². The molecule has 4 heteroatoms. The highest BCUT2D eigenvalue weighted by molar-refractivity contribution is 5.87. The van der Waals surface area contributed by atoms with E-state index in [1.807, 2.05) is 12.1 Å². The lowest BCUT2D eigenvalue weighted by Crippen LogP contribution is -1.95. The van der Waals surface area contributed by atoms with Crippen molar-refractivity contribution in [2.45, 2.75) is 32.1 Å². The van der Waals surface area contributed by atoms with Gasteiger partial charge in [0.05, 0.1) is 12.2 Å². The Hall–Kier alpha value is -1.84. The van der Waals surface area contributed by atoms with Crippen LogP contribution in [0.4, 0.5) is 0 Å². The highest BCUT2D eigenvalue weighted by Crippen LogP contribution is 2.10. The van der Waals surface area contributed by atoms with Gasteiger partial charge >= 0.3 is 5.97 Å². The summed E-state index contributed by atoms with van der Waals surface area (Å²) in [6.45, 7) is 0.961. The topological polar surface area (TPSA) is 63.3 Å². The van der Waals surface area contributed by atoms with Gasteiger partial charge in [-0.1, -0.05) is 25.0 Å². The standard InChI is InChI=1S/C14H17O4/c15-11-18-10-4-2-1-3-5-12-6-8-13(9-7-12)14(16)17/h6-9,11H,1-5,10H2. The first kappa shape index (κ1) is 14.2. The minimum absolute atomic E-state index is 0.213. The van der Waals surface area contributed by atoms with E-state index in [0.29, 0.717) is 13.1 Å². The van der Waals surface area contributed by atoms with Crippen LogP contribution in [0.2, 0.25) is 0 Å². The van der Waals surface area contributed by atoms with Gasteiger partial charge in [-0.2, -0.15) is 0 Å². The molecule has 0 fully saturated rings. The normalized spacial score (nSPS) is 10.0. The lowest BCUT2D eigenvalue weighted by molar-refractivity contribution is -0.128. The Morgan fingerprint density at radius 2 is 1.72 bits per heavy atom. The van der Waals surface area contributed by atoms with E-state index < -0.39 is 5.97 Å². The van der Waals surface area contributed by atoms with Gasteiger partial charge in [-0.15, -0.1) is 0 Å². The molecule has 0 saturated heterocycles. The van der Waals surface area contributed by atoms with Gasteiger partial charge in [-0.25, -0.2) is 9.90 Å². The zero-order valence-corrected chi connectivity index (χ0v) is 10.3. The van der Waals surface area contributed by atoms with Gasteiger partial charge in [0.2, 0.25) is 0 Å². The molecule has 0 atom stereocenters. The summed E-state index contributed by atoms with van der Waals surface area (Å²) in [5.74, 6) is -1.14. The average molecular weight is 249 g/mol. The molecule has 0 aromatic heterocycles. The highest BCUT2D eigenvalue weighted by Gasteiger charge is 2.03. The van der Waals surface area contributed by atoms with Gasteiger partial charge in [0.1, 0.15) is 0 Å². The molecule has 4 nitrogen and oxygen atoms in total. The second-order valence-corrected chi connectivity index (χ2v) is 4.12. The lowest BCUT2D eigenvalue weighted by atomic mass is 10.0. The van der Waals surface area contributed by atoms with Crippen LogP contribution >= 0.6 is 0 Å². The Kier molecular flexibility index (Phi) is 6.54. The summed E-state index contributed by atoms with van der Waals surface area (Å²) in [7, 11) is 0. The Morgan fingerprint density at radius 1 is 1.06 bits per heavy atom. The SMILES string of the molecule is [O]C(=O)c1ccc(CCCCCCOC=O)cc1. The molecule has 1 aromatic rings. The highest BCUT2D eigenvalue weighted by atomic mass is 16.5. The summed E-state index contributed by atoms with van der Waals surface area (Å²) in [6.07, 6.45) is 4.98. The molecular formula is C14H17O4. The molecule has 0 aliphatic heterocycles. The molecule has 97 valence electrons. The number of carbonyl (C=O) groups is 2. The first-order chi connectivity index (χ1) is 8.74. The predicted molar refractivity (Wildman–Crippen MR) is 65.6 cm³/mol. The molecule has 0 bridgehead atoms. The Bertz CT molecular complexity index is 370. The van der Waals surface area contributed by atoms with Gasteiger partial charge in [0.25, 0.3) is 6.47 Å². The zero-order chi connectivity index (χ0) is 13.2. The van der Waals surface area contributed by atoms with Crippen molar-refractivity contribution >= 4 is 12.4 Å². The average Bonchev–Trinajstić information content (AvgIpc) is 2.38. The van der Waals surface area contributed by atoms with Crippen molar-refractivity contribution in [2.24, 2.45) is 0 Å². The number of hydrogen-bond acceptors (Lipinski definition) is 3. The second-order valence-electron chi connectivity index (χ2n) is 4.12. The van der Waals surface area contributed by atoms with E-state index in [0.717, 1.165) is 37.7 Å². The fraction of sp³-hybridized carbons (Fsp3) is 0.429. The van der Waals surface area contributed by atoms with Crippen LogP contribution in [0.15, 0.2) is 24.3 Å². The quantitative estimate of drug-likeness (QED) is 0.499. The van der Waals surface area contributed by atoms with Crippen LogP contribution in [0, 0.1) is 0 Å². The second kappa shape index (κ2) is 8.28. The van der Waals surface area contributed by atoms with Crippen LogP contribution in [0.25, 0.3) is 0 Å². The van der Waals surface area contributed by atoms with Crippen LogP contribution in [0.1, 0.15) is 41.6 Å². The molecular weight excluding hydrogens is 232 g/mol. The van der Waals surface area contributed by atoms with Crippen molar-refractivity contribution in [3.63, 3.8) is 0 Å². The maximum absolute atomic E-state index is 10.6. The van der Waals surface area contributed by atoms with Gasteiger partial charge in [-0.3, -0.25) is 4.79 Å². The van der Waals surface area contributed by atoms with Crippen LogP contribution in [0.3, 0.4) is 0 Å². The van der Waals surface area contributed by atoms with Crippen LogP contribution in [-0.2, 0) is 21.1 Å². The lowest BCUT2D eigenvalue weighted by Gasteiger charge is -2.02. The molecule has 1 rings (SSSR count). The molecule has 1 aromatic carbocycles. The van der Waals surface area contributed by atoms with Crippen molar-refractivity contribution in [3.05, 3.63) is 35.4 Å². The molecule has 0 spiro atoms. The summed E-state index contributed by atoms with van der Waals surface area (Å²) in [5, 5.41) is 10.6. The molecule has 0 aliphatic rings. The third-order valence-electron chi connectivity index (χ3n) is 2.74. The molecule has 1 radical (unpaired) electrons. The number of hydrogen-bond donors (Lipinski definition) is 0. The summed E-state index contributed by atoms with van der Waals surface area (Å²) >= 11 is 0. The first-order valence-electron chi connectivity index (χ1n) is 6.09. The Balaban J connectivity index is 2.15. The Labute approximate surface area is 107 Å². The Morgan fingerprint density at radius 3 is 2.33 bits per heavy atom. The van der Waals surface area contributed by atoms with Crippen molar-refractivity contribution in [2.75, 3.05) is 6.61 Å². The van der Waals surface area contributed by atoms with Crippen molar-refractivity contribution in [1.29, 1.82) is 0 Å². The number of ether oxygens (including phenoxy) is 1. The molecule has 18 heavy (non-hydrogen) atoms. The minimum atomic E-state index is -1.14. The monoisotopic (exact) mass is 249 g/mol. The van der Waals surface area contributed by atoms with Gasteiger partial charge in [0.15, 0.2) is 0 Å². The first-order valence-corrected chi connectivity index (χ1v) is 6.09. The maximum Gasteiger partial charge on any atom is 0.386 e. The minimum Gasteiger partial charge on any atom is -0.468 e. The zero-order valence-electron chi connectivity index (χ0n) is 10.3. The number of benzene rings is 1. The van der Waals surface area contributed by atoms with E-state index in [1.54, 1.807) is 12.1 Å². The fourth-order valence-electron chi connectivity index (χ4n) is 1.72. The number of aryl methyl sites for hydroxylation is 1. The van der Waals surface area contributed by atoms with Crippen LogP contribution < -0.4 is 0 Å². The summed E-state index contributed by atoms with van der Waals surface area (Å²) < 4.78 is 4.59. The number of rotatable bonds is 9. The maximum atomic E-state index is 10.6. The van der Waals surface area contributed by atoms with E-state index in [9.17, 15) is 14.7 Å². The molecule has 0 saturated carbocycles. The van der Waals surface area contributed by atoms with E-state index >= 15 is 0 Å². The summed E-state index contributed by atoms with van der Waals surface area (Å²) in [6, 6.07) is 6.78. The number of carbonyl (C=O) groups excluding carboxylic acids is 2. The summed E-state index contributed by atoms with van der Waals surface area (Å²) in [4.78, 5) is 20.4. The molecule has 0 unspecified atom stereocenters. The largest absolute Gasteiger partial charge is 0.468 e. The molecule has 0 amide bonds. The number of unbranched alkanes of at least 4 members (excludes halogenated alkanes) is 3.